The van der Waals surface area contributed by atoms with Gasteiger partial charge in [-0.2, -0.15) is 0 Å². The molecule has 0 saturated heterocycles. The van der Waals surface area contributed by atoms with Crippen molar-refractivity contribution in [3.8, 4) is 5.75 Å². The standard InChI is InChI=1S/C18H20Cl2O7/c1-4-24-18(23)17(11(2)7-8-25-12(3)21)27-16(22)10-26-15-6-5-13(19)9-14(15)20/h5-7,9,17H,4,8,10H2,1-3H3. The second-order valence-electron chi connectivity index (χ2n) is 5.24. The Morgan fingerprint density at radius 1 is 1.15 bits per heavy atom. The molecule has 0 amide bonds. The Hall–Kier alpha value is -2.25. The number of rotatable bonds is 9. The van der Waals surface area contributed by atoms with E-state index in [0.717, 1.165) is 0 Å². The molecular formula is C18H20Cl2O7. The van der Waals surface area contributed by atoms with Crippen LogP contribution in [0, 0.1) is 0 Å². The van der Waals surface area contributed by atoms with Crippen molar-refractivity contribution in [3.63, 3.8) is 0 Å². The van der Waals surface area contributed by atoms with Gasteiger partial charge in [0.1, 0.15) is 12.4 Å². The third-order valence-corrected chi connectivity index (χ3v) is 3.63. The van der Waals surface area contributed by atoms with Gasteiger partial charge in [0.25, 0.3) is 0 Å². The molecule has 9 heteroatoms. The Balaban J connectivity index is 2.74. The fraction of sp³-hybridized carbons (Fsp3) is 0.389. The molecule has 1 atom stereocenters. The van der Waals surface area contributed by atoms with E-state index in [1.807, 2.05) is 0 Å². The molecule has 0 aromatic heterocycles. The van der Waals surface area contributed by atoms with E-state index in [1.165, 1.54) is 25.1 Å². The van der Waals surface area contributed by atoms with Gasteiger partial charge in [-0.25, -0.2) is 9.59 Å². The summed E-state index contributed by atoms with van der Waals surface area (Å²) in [6.07, 6.45) is 0.171. The van der Waals surface area contributed by atoms with E-state index in [4.69, 9.17) is 42.1 Å². The lowest BCUT2D eigenvalue weighted by molar-refractivity contribution is -0.166. The first-order chi connectivity index (χ1) is 12.7. The van der Waals surface area contributed by atoms with Crippen LogP contribution in [0.3, 0.4) is 0 Å². The van der Waals surface area contributed by atoms with Crippen molar-refractivity contribution in [1.29, 1.82) is 0 Å². The highest BCUT2D eigenvalue weighted by Gasteiger charge is 2.26. The number of carbonyl (C=O) groups excluding carboxylic acids is 3. The van der Waals surface area contributed by atoms with Gasteiger partial charge in [0.2, 0.25) is 6.10 Å². The smallest absolute Gasteiger partial charge is 0.351 e. The van der Waals surface area contributed by atoms with Crippen LogP contribution >= 0.6 is 23.2 Å². The van der Waals surface area contributed by atoms with Crippen LogP contribution < -0.4 is 4.74 Å². The molecule has 0 heterocycles. The van der Waals surface area contributed by atoms with Gasteiger partial charge in [0, 0.05) is 11.9 Å². The summed E-state index contributed by atoms with van der Waals surface area (Å²) in [6.45, 7) is 4.00. The van der Waals surface area contributed by atoms with Gasteiger partial charge in [-0.1, -0.05) is 23.2 Å². The molecule has 0 spiro atoms. The summed E-state index contributed by atoms with van der Waals surface area (Å²) in [4.78, 5) is 34.9. The molecule has 0 aliphatic heterocycles. The monoisotopic (exact) mass is 418 g/mol. The maximum Gasteiger partial charge on any atom is 0.351 e. The van der Waals surface area contributed by atoms with Crippen LogP contribution in [0.1, 0.15) is 20.8 Å². The van der Waals surface area contributed by atoms with Gasteiger partial charge < -0.3 is 18.9 Å². The lowest BCUT2D eigenvalue weighted by Crippen LogP contribution is -2.32. The van der Waals surface area contributed by atoms with E-state index in [-0.39, 0.29) is 24.0 Å². The second kappa shape index (κ2) is 11.5. The average molecular weight is 419 g/mol. The van der Waals surface area contributed by atoms with Gasteiger partial charge in [0.15, 0.2) is 6.61 Å². The number of hydrogen-bond acceptors (Lipinski definition) is 7. The number of halogens is 2. The third kappa shape index (κ3) is 8.32. The molecule has 148 valence electrons. The zero-order valence-electron chi connectivity index (χ0n) is 15.1. The number of carbonyl (C=O) groups is 3. The topological polar surface area (TPSA) is 88.1 Å². The highest BCUT2D eigenvalue weighted by Crippen LogP contribution is 2.27. The van der Waals surface area contributed by atoms with E-state index in [2.05, 4.69) is 0 Å². The van der Waals surface area contributed by atoms with Crippen molar-refractivity contribution in [2.75, 3.05) is 19.8 Å². The van der Waals surface area contributed by atoms with E-state index in [1.54, 1.807) is 19.9 Å². The third-order valence-electron chi connectivity index (χ3n) is 3.09. The first kappa shape index (κ1) is 22.8. The molecule has 0 fully saturated rings. The van der Waals surface area contributed by atoms with Gasteiger partial charge in [0.05, 0.1) is 11.6 Å². The lowest BCUT2D eigenvalue weighted by Gasteiger charge is -2.17. The predicted octanol–water partition coefficient (Wildman–Crippen LogP) is 3.36. The molecule has 7 nitrogen and oxygen atoms in total. The fourth-order valence-corrected chi connectivity index (χ4v) is 2.30. The predicted molar refractivity (Wildman–Crippen MR) is 98.9 cm³/mol. The minimum Gasteiger partial charge on any atom is -0.480 e. The number of esters is 3. The van der Waals surface area contributed by atoms with Gasteiger partial charge in [-0.3, -0.25) is 4.79 Å². The summed E-state index contributed by atoms with van der Waals surface area (Å²) in [5.41, 5.74) is 0.354. The number of benzene rings is 1. The van der Waals surface area contributed by atoms with Crippen LogP contribution in [0.2, 0.25) is 10.0 Å². The molecule has 0 radical (unpaired) electrons. The van der Waals surface area contributed by atoms with E-state index >= 15 is 0 Å². The zero-order chi connectivity index (χ0) is 20.4. The van der Waals surface area contributed by atoms with Crippen molar-refractivity contribution >= 4 is 41.1 Å². The largest absolute Gasteiger partial charge is 0.480 e. The molecule has 0 aliphatic carbocycles. The van der Waals surface area contributed by atoms with Gasteiger partial charge in [-0.05, 0) is 43.7 Å². The molecule has 0 N–H and O–H groups in total. The zero-order valence-corrected chi connectivity index (χ0v) is 16.6. The summed E-state index contributed by atoms with van der Waals surface area (Å²) in [5, 5.41) is 0.653. The molecular weight excluding hydrogens is 399 g/mol. The van der Waals surface area contributed by atoms with Crippen molar-refractivity contribution in [2.24, 2.45) is 0 Å². The van der Waals surface area contributed by atoms with E-state index < -0.39 is 30.6 Å². The summed E-state index contributed by atoms with van der Waals surface area (Å²) >= 11 is 11.7. The summed E-state index contributed by atoms with van der Waals surface area (Å²) in [7, 11) is 0. The highest BCUT2D eigenvalue weighted by atomic mass is 35.5. The first-order valence-corrected chi connectivity index (χ1v) is 8.74. The van der Waals surface area contributed by atoms with Crippen LogP contribution in [0.25, 0.3) is 0 Å². The Morgan fingerprint density at radius 2 is 1.85 bits per heavy atom. The summed E-state index contributed by atoms with van der Waals surface area (Å²) in [5.74, 6) is -1.78. The fourth-order valence-electron chi connectivity index (χ4n) is 1.84. The van der Waals surface area contributed by atoms with Crippen LogP contribution in [0.5, 0.6) is 5.75 Å². The SMILES string of the molecule is CCOC(=O)C(OC(=O)COc1ccc(Cl)cc1Cl)C(C)=CCOC(C)=O. The quantitative estimate of drug-likeness (QED) is 0.345. The molecule has 1 aromatic rings. The summed E-state index contributed by atoms with van der Waals surface area (Å²) < 4.78 is 20.1. The number of ether oxygens (including phenoxy) is 4. The normalized spacial score (nSPS) is 12.1. The summed E-state index contributed by atoms with van der Waals surface area (Å²) in [6, 6.07) is 4.52. The molecule has 1 unspecified atom stereocenters. The van der Waals surface area contributed by atoms with Gasteiger partial charge in [-0.15, -0.1) is 0 Å². The highest BCUT2D eigenvalue weighted by molar-refractivity contribution is 6.35. The first-order valence-electron chi connectivity index (χ1n) is 7.98. The Kier molecular flexibility index (Phi) is 9.67. The van der Waals surface area contributed by atoms with Crippen molar-refractivity contribution in [1.82, 2.24) is 0 Å². The Labute approximate surface area is 167 Å². The molecule has 1 rings (SSSR count). The molecule has 27 heavy (non-hydrogen) atoms. The van der Waals surface area contributed by atoms with Gasteiger partial charge >= 0.3 is 17.9 Å². The average Bonchev–Trinajstić information content (AvgIpc) is 2.58. The maximum absolute atomic E-state index is 12.1. The minimum atomic E-state index is -1.28. The second-order valence-corrected chi connectivity index (χ2v) is 6.08. The van der Waals surface area contributed by atoms with E-state index in [9.17, 15) is 14.4 Å². The lowest BCUT2D eigenvalue weighted by atomic mass is 10.1. The Morgan fingerprint density at radius 3 is 2.44 bits per heavy atom. The van der Waals surface area contributed by atoms with Crippen molar-refractivity contribution < 1.29 is 33.3 Å². The van der Waals surface area contributed by atoms with Crippen LogP contribution in [-0.4, -0.2) is 43.8 Å². The maximum atomic E-state index is 12.1. The molecule has 0 bridgehead atoms. The number of hydrogen-bond donors (Lipinski definition) is 0. The van der Waals surface area contributed by atoms with Crippen molar-refractivity contribution in [2.45, 2.75) is 26.9 Å². The Bertz CT molecular complexity index is 716. The molecule has 0 aliphatic rings. The van der Waals surface area contributed by atoms with E-state index in [0.29, 0.717) is 10.6 Å². The minimum absolute atomic E-state index is 0.0640. The molecule has 1 aromatic carbocycles. The van der Waals surface area contributed by atoms with Crippen LogP contribution in [-0.2, 0) is 28.6 Å². The van der Waals surface area contributed by atoms with Crippen molar-refractivity contribution in [3.05, 3.63) is 39.9 Å². The van der Waals surface area contributed by atoms with Crippen LogP contribution in [0.15, 0.2) is 29.8 Å². The van der Waals surface area contributed by atoms with Crippen LogP contribution in [0.4, 0.5) is 0 Å². The molecule has 0 saturated carbocycles.